The van der Waals surface area contributed by atoms with Gasteiger partial charge in [0.15, 0.2) is 0 Å². The molecule has 0 N–H and O–H groups in total. The lowest BCUT2D eigenvalue weighted by molar-refractivity contribution is 0.0746. The van der Waals surface area contributed by atoms with Crippen LogP contribution in [0.5, 0.6) is 11.5 Å². The Morgan fingerprint density at radius 2 is 2.04 bits per heavy atom. The number of carbonyl (C=O) groups excluding carboxylic acids is 1. The van der Waals surface area contributed by atoms with Crippen LogP contribution in [-0.2, 0) is 0 Å². The van der Waals surface area contributed by atoms with Crippen LogP contribution >= 0.6 is 0 Å². The molecule has 0 saturated heterocycles. The fourth-order valence-corrected chi connectivity index (χ4v) is 2.05. The number of aromatic nitrogens is 1. The van der Waals surface area contributed by atoms with Crippen LogP contribution in [0.1, 0.15) is 29.3 Å². The monoisotopic (exact) mass is 309 g/mol. The largest absolute Gasteiger partial charge is 0.457 e. The van der Waals surface area contributed by atoms with E-state index in [0.717, 1.165) is 5.56 Å². The van der Waals surface area contributed by atoms with Crippen LogP contribution in [0.2, 0.25) is 0 Å². The minimum atomic E-state index is -0.140. The molecule has 0 aliphatic carbocycles. The van der Waals surface area contributed by atoms with Gasteiger partial charge in [-0.2, -0.15) is 5.26 Å². The van der Waals surface area contributed by atoms with Crippen molar-refractivity contribution in [3.63, 3.8) is 0 Å². The van der Waals surface area contributed by atoms with Gasteiger partial charge in [-0.15, -0.1) is 0 Å². The SMILES string of the molecule is Cc1ccc(C(=O)N(C)[C@H](C)CC#N)cc1Oc1ccncc1. The fourth-order valence-electron chi connectivity index (χ4n) is 2.05. The summed E-state index contributed by atoms with van der Waals surface area (Å²) in [5, 5.41) is 8.77. The Morgan fingerprint density at radius 1 is 1.35 bits per heavy atom. The molecule has 0 fully saturated rings. The van der Waals surface area contributed by atoms with Gasteiger partial charge in [-0.3, -0.25) is 9.78 Å². The van der Waals surface area contributed by atoms with Crippen LogP contribution < -0.4 is 4.74 Å². The van der Waals surface area contributed by atoms with E-state index < -0.39 is 0 Å². The summed E-state index contributed by atoms with van der Waals surface area (Å²) in [5.74, 6) is 1.16. The summed E-state index contributed by atoms with van der Waals surface area (Å²) in [4.78, 5) is 18.0. The van der Waals surface area contributed by atoms with Crippen molar-refractivity contribution in [1.29, 1.82) is 5.26 Å². The Labute approximate surface area is 136 Å². The molecule has 1 heterocycles. The summed E-state index contributed by atoms with van der Waals surface area (Å²) < 4.78 is 5.82. The molecule has 1 aromatic carbocycles. The number of ether oxygens (including phenoxy) is 1. The van der Waals surface area contributed by atoms with Crippen molar-refractivity contribution in [2.45, 2.75) is 26.3 Å². The number of hydrogen-bond acceptors (Lipinski definition) is 4. The Balaban J connectivity index is 2.23. The van der Waals surface area contributed by atoms with E-state index in [1.54, 1.807) is 48.6 Å². The Kier molecular flexibility index (Phi) is 5.32. The van der Waals surface area contributed by atoms with Gasteiger partial charge in [-0.1, -0.05) is 6.07 Å². The van der Waals surface area contributed by atoms with E-state index in [1.807, 2.05) is 19.9 Å². The predicted octanol–water partition coefficient (Wildman–Crippen LogP) is 3.56. The first kappa shape index (κ1) is 16.5. The van der Waals surface area contributed by atoms with E-state index in [2.05, 4.69) is 11.1 Å². The third-order valence-electron chi connectivity index (χ3n) is 3.68. The summed E-state index contributed by atoms with van der Waals surface area (Å²) in [6, 6.07) is 10.8. The van der Waals surface area contributed by atoms with Crippen LogP contribution in [-0.4, -0.2) is 28.9 Å². The number of rotatable bonds is 5. The zero-order valence-electron chi connectivity index (χ0n) is 13.5. The first-order chi connectivity index (χ1) is 11.0. The quantitative estimate of drug-likeness (QED) is 0.847. The van der Waals surface area contributed by atoms with Gasteiger partial charge in [0.05, 0.1) is 12.5 Å². The second-order valence-electron chi connectivity index (χ2n) is 5.39. The first-order valence-electron chi connectivity index (χ1n) is 7.35. The second-order valence-corrected chi connectivity index (χ2v) is 5.39. The number of aryl methyl sites for hydroxylation is 1. The molecule has 0 unspecified atom stereocenters. The summed E-state index contributed by atoms with van der Waals surface area (Å²) >= 11 is 0. The predicted molar refractivity (Wildman–Crippen MR) is 87.3 cm³/mol. The standard InChI is InChI=1S/C18H19N3O2/c1-13-4-5-15(18(22)21(3)14(2)6-9-19)12-17(13)23-16-7-10-20-11-8-16/h4-5,7-8,10-12,14H,6H2,1-3H3/t14-/m1/s1. The van der Waals surface area contributed by atoms with Crippen molar-refractivity contribution in [2.24, 2.45) is 0 Å². The maximum Gasteiger partial charge on any atom is 0.254 e. The number of nitrogens with zero attached hydrogens (tertiary/aromatic N) is 3. The molecule has 0 saturated carbocycles. The molecule has 1 amide bonds. The fraction of sp³-hybridized carbons (Fsp3) is 0.278. The van der Waals surface area contributed by atoms with Crippen LogP contribution in [0.4, 0.5) is 0 Å². The smallest absolute Gasteiger partial charge is 0.254 e. The number of nitriles is 1. The minimum absolute atomic E-state index is 0.132. The lowest BCUT2D eigenvalue weighted by Gasteiger charge is -2.23. The number of pyridine rings is 1. The third-order valence-corrected chi connectivity index (χ3v) is 3.68. The molecule has 1 atom stereocenters. The van der Waals surface area contributed by atoms with E-state index in [4.69, 9.17) is 10.00 Å². The highest BCUT2D eigenvalue weighted by atomic mass is 16.5. The van der Waals surface area contributed by atoms with Crippen molar-refractivity contribution >= 4 is 5.91 Å². The van der Waals surface area contributed by atoms with E-state index in [1.165, 1.54) is 0 Å². The van der Waals surface area contributed by atoms with E-state index in [9.17, 15) is 4.79 Å². The van der Waals surface area contributed by atoms with Gasteiger partial charge >= 0.3 is 0 Å². The molecule has 0 aliphatic heterocycles. The van der Waals surface area contributed by atoms with E-state index in [-0.39, 0.29) is 11.9 Å². The molecule has 23 heavy (non-hydrogen) atoms. The number of carbonyl (C=O) groups is 1. The molecule has 0 bridgehead atoms. The Morgan fingerprint density at radius 3 is 2.70 bits per heavy atom. The van der Waals surface area contributed by atoms with Crippen LogP contribution in [0, 0.1) is 18.3 Å². The van der Waals surface area contributed by atoms with Gasteiger partial charge in [-0.05, 0) is 43.7 Å². The van der Waals surface area contributed by atoms with Crippen LogP contribution in [0.25, 0.3) is 0 Å². The average Bonchev–Trinajstić information content (AvgIpc) is 2.56. The molecule has 2 aromatic rings. The van der Waals surface area contributed by atoms with Gasteiger partial charge < -0.3 is 9.64 Å². The molecule has 0 radical (unpaired) electrons. The topological polar surface area (TPSA) is 66.2 Å². The summed E-state index contributed by atoms with van der Waals surface area (Å²) in [6.45, 7) is 3.77. The zero-order chi connectivity index (χ0) is 16.8. The highest BCUT2D eigenvalue weighted by Gasteiger charge is 2.18. The van der Waals surface area contributed by atoms with Gasteiger partial charge in [-0.25, -0.2) is 0 Å². The maximum atomic E-state index is 12.5. The Bertz CT molecular complexity index is 723. The summed E-state index contributed by atoms with van der Waals surface area (Å²) in [7, 11) is 1.70. The number of benzene rings is 1. The number of hydrogen-bond donors (Lipinski definition) is 0. The lowest BCUT2D eigenvalue weighted by Crippen LogP contribution is -2.34. The van der Waals surface area contributed by atoms with Crippen molar-refractivity contribution < 1.29 is 9.53 Å². The highest BCUT2D eigenvalue weighted by molar-refractivity contribution is 5.94. The van der Waals surface area contributed by atoms with Gasteiger partial charge in [0, 0.05) is 31.0 Å². The number of amides is 1. The molecular weight excluding hydrogens is 290 g/mol. The summed E-state index contributed by atoms with van der Waals surface area (Å²) in [5.41, 5.74) is 1.47. The minimum Gasteiger partial charge on any atom is -0.457 e. The molecule has 1 aromatic heterocycles. The molecule has 0 spiro atoms. The second kappa shape index (κ2) is 7.41. The maximum absolute atomic E-state index is 12.5. The highest BCUT2D eigenvalue weighted by Crippen LogP contribution is 2.26. The van der Waals surface area contributed by atoms with E-state index >= 15 is 0 Å². The lowest BCUT2D eigenvalue weighted by atomic mass is 10.1. The molecular formula is C18H19N3O2. The third kappa shape index (κ3) is 4.07. The average molecular weight is 309 g/mol. The van der Waals surface area contributed by atoms with Crippen LogP contribution in [0.3, 0.4) is 0 Å². The molecule has 118 valence electrons. The van der Waals surface area contributed by atoms with E-state index in [0.29, 0.717) is 23.5 Å². The first-order valence-corrected chi connectivity index (χ1v) is 7.35. The van der Waals surface area contributed by atoms with Crippen molar-refractivity contribution in [2.75, 3.05) is 7.05 Å². The molecule has 5 nitrogen and oxygen atoms in total. The van der Waals surface area contributed by atoms with Gasteiger partial charge in [0.1, 0.15) is 11.5 Å². The normalized spacial score (nSPS) is 11.4. The van der Waals surface area contributed by atoms with Crippen molar-refractivity contribution in [1.82, 2.24) is 9.88 Å². The van der Waals surface area contributed by atoms with Gasteiger partial charge in [0.25, 0.3) is 5.91 Å². The molecule has 0 aliphatic rings. The molecule has 5 heteroatoms. The Hall–Kier alpha value is -2.87. The zero-order valence-corrected chi connectivity index (χ0v) is 13.5. The van der Waals surface area contributed by atoms with Crippen molar-refractivity contribution in [3.05, 3.63) is 53.9 Å². The van der Waals surface area contributed by atoms with Crippen LogP contribution in [0.15, 0.2) is 42.7 Å². The van der Waals surface area contributed by atoms with Gasteiger partial charge in [0.2, 0.25) is 0 Å². The van der Waals surface area contributed by atoms with Crippen molar-refractivity contribution in [3.8, 4) is 17.6 Å². The summed E-state index contributed by atoms with van der Waals surface area (Å²) in [6.07, 6.45) is 3.60. The molecule has 2 rings (SSSR count).